The van der Waals surface area contributed by atoms with E-state index in [4.69, 9.17) is 11.6 Å². The number of carbonyl (C=O) groups excluding carboxylic acids is 1. The number of hydrogen-bond donors (Lipinski definition) is 2. The fourth-order valence-electron chi connectivity index (χ4n) is 3.00. The highest BCUT2D eigenvalue weighted by Gasteiger charge is 2.17. The molecule has 0 heterocycles. The Kier molecular flexibility index (Phi) is 6.64. The lowest BCUT2D eigenvalue weighted by Crippen LogP contribution is -2.37. The molecule has 0 saturated heterocycles. The molecule has 3 nitrogen and oxygen atoms in total. The van der Waals surface area contributed by atoms with Crippen molar-refractivity contribution in [1.29, 1.82) is 0 Å². The van der Waals surface area contributed by atoms with Crippen LogP contribution in [0, 0.1) is 0 Å². The Labute approximate surface area is 165 Å². The first-order valence-corrected chi connectivity index (χ1v) is 9.39. The van der Waals surface area contributed by atoms with Crippen molar-refractivity contribution in [2.45, 2.75) is 19.0 Å². The zero-order valence-corrected chi connectivity index (χ0v) is 16.0. The number of nitrogens with one attached hydrogen (secondary N) is 2. The molecule has 0 fully saturated rings. The van der Waals surface area contributed by atoms with Crippen molar-refractivity contribution in [2.75, 3.05) is 6.54 Å². The van der Waals surface area contributed by atoms with Crippen LogP contribution in [0.25, 0.3) is 0 Å². The zero-order valence-electron chi connectivity index (χ0n) is 15.2. The van der Waals surface area contributed by atoms with Crippen LogP contribution in [0.1, 0.15) is 35.7 Å². The highest BCUT2D eigenvalue weighted by molar-refractivity contribution is 6.30. The molecule has 1 atom stereocenters. The summed E-state index contributed by atoms with van der Waals surface area (Å²) in [7, 11) is 0. The van der Waals surface area contributed by atoms with Crippen molar-refractivity contribution >= 4 is 17.5 Å². The van der Waals surface area contributed by atoms with Gasteiger partial charge in [0.2, 0.25) is 5.91 Å². The summed E-state index contributed by atoms with van der Waals surface area (Å²) in [6.07, 6.45) is 0. The van der Waals surface area contributed by atoms with Gasteiger partial charge in [0.15, 0.2) is 0 Å². The summed E-state index contributed by atoms with van der Waals surface area (Å²) in [4.78, 5) is 12.6. The van der Waals surface area contributed by atoms with Crippen LogP contribution >= 0.6 is 11.6 Å². The third kappa shape index (κ3) is 5.43. The van der Waals surface area contributed by atoms with Crippen molar-refractivity contribution in [3.05, 3.63) is 107 Å². The fourth-order valence-corrected chi connectivity index (χ4v) is 3.20. The van der Waals surface area contributed by atoms with E-state index in [1.54, 1.807) is 0 Å². The summed E-state index contributed by atoms with van der Waals surface area (Å²) >= 11 is 6.05. The monoisotopic (exact) mass is 378 g/mol. The first-order valence-electron chi connectivity index (χ1n) is 9.01. The van der Waals surface area contributed by atoms with Gasteiger partial charge in [-0.1, -0.05) is 84.4 Å². The first-order chi connectivity index (χ1) is 13.1. The number of amides is 1. The molecule has 0 radical (unpaired) electrons. The molecule has 3 aromatic carbocycles. The molecule has 1 amide bonds. The Balaban J connectivity index is 1.66. The van der Waals surface area contributed by atoms with Crippen molar-refractivity contribution in [2.24, 2.45) is 0 Å². The highest BCUT2D eigenvalue weighted by Crippen LogP contribution is 2.22. The van der Waals surface area contributed by atoms with Crippen LogP contribution < -0.4 is 10.6 Å². The molecule has 138 valence electrons. The van der Waals surface area contributed by atoms with Gasteiger partial charge in [-0.25, -0.2) is 0 Å². The molecule has 27 heavy (non-hydrogen) atoms. The molecule has 0 aromatic heterocycles. The molecule has 0 aliphatic carbocycles. The van der Waals surface area contributed by atoms with E-state index in [0.29, 0.717) is 5.02 Å². The molecule has 0 spiro atoms. The van der Waals surface area contributed by atoms with Crippen LogP contribution in [0.2, 0.25) is 5.02 Å². The molecule has 3 aromatic rings. The van der Waals surface area contributed by atoms with E-state index in [1.165, 1.54) is 0 Å². The van der Waals surface area contributed by atoms with Crippen LogP contribution in [-0.2, 0) is 4.79 Å². The van der Waals surface area contributed by atoms with Crippen molar-refractivity contribution in [3.8, 4) is 0 Å². The van der Waals surface area contributed by atoms with Gasteiger partial charge in [-0.3, -0.25) is 4.79 Å². The highest BCUT2D eigenvalue weighted by atomic mass is 35.5. The summed E-state index contributed by atoms with van der Waals surface area (Å²) < 4.78 is 0. The van der Waals surface area contributed by atoms with Crippen LogP contribution in [0.15, 0.2) is 84.9 Å². The minimum absolute atomic E-state index is 0.0290. The number of rotatable bonds is 7. The van der Waals surface area contributed by atoms with E-state index < -0.39 is 0 Å². The van der Waals surface area contributed by atoms with Gasteiger partial charge in [0.25, 0.3) is 0 Å². The number of hydrogen-bond acceptors (Lipinski definition) is 2. The predicted octanol–water partition coefficient (Wildman–Crippen LogP) is 4.90. The number of carbonyl (C=O) groups is 1. The van der Waals surface area contributed by atoms with E-state index in [0.717, 1.165) is 16.7 Å². The Bertz CT molecular complexity index is 828. The lowest BCUT2D eigenvalue weighted by molar-refractivity contribution is -0.120. The molecule has 2 N–H and O–H groups in total. The topological polar surface area (TPSA) is 41.1 Å². The number of benzene rings is 3. The van der Waals surface area contributed by atoms with E-state index in [9.17, 15) is 4.79 Å². The molecule has 0 saturated carbocycles. The Morgan fingerprint density at radius 2 is 1.41 bits per heavy atom. The molecule has 0 aliphatic rings. The van der Waals surface area contributed by atoms with E-state index in [-0.39, 0.29) is 24.5 Å². The molecule has 0 aliphatic heterocycles. The lowest BCUT2D eigenvalue weighted by Gasteiger charge is -2.21. The maximum Gasteiger partial charge on any atom is 0.234 e. The average molecular weight is 379 g/mol. The van der Waals surface area contributed by atoms with Crippen LogP contribution in [-0.4, -0.2) is 12.5 Å². The van der Waals surface area contributed by atoms with Crippen molar-refractivity contribution in [3.63, 3.8) is 0 Å². The predicted molar refractivity (Wildman–Crippen MR) is 111 cm³/mol. The molecular weight excluding hydrogens is 356 g/mol. The lowest BCUT2D eigenvalue weighted by atomic mass is 9.99. The molecule has 0 unspecified atom stereocenters. The SMILES string of the molecule is C[C@H](NCC(=O)NC(c1ccccc1)c1ccccc1)c1cccc(Cl)c1. The van der Waals surface area contributed by atoms with Crippen LogP contribution in [0.4, 0.5) is 0 Å². The average Bonchev–Trinajstić information content (AvgIpc) is 2.71. The summed E-state index contributed by atoms with van der Waals surface area (Å²) in [6, 6.07) is 27.5. The van der Waals surface area contributed by atoms with E-state index in [1.807, 2.05) is 91.9 Å². The van der Waals surface area contributed by atoms with Crippen LogP contribution in [0.3, 0.4) is 0 Å². The van der Waals surface area contributed by atoms with Gasteiger partial charge in [0.1, 0.15) is 0 Å². The minimum atomic E-state index is -0.178. The molecule has 3 rings (SSSR count). The Morgan fingerprint density at radius 1 is 0.852 bits per heavy atom. The summed E-state index contributed by atoms with van der Waals surface area (Å²) in [5, 5.41) is 7.10. The second kappa shape index (κ2) is 9.36. The minimum Gasteiger partial charge on any atom is -0.344 e. The quantitative estimate of drug-likeness (QED) is 0.614. The molecular formula is C23H23ClN2O. The summed E-state index contributed by atoms with van der Waals surface area (Å²) in [5.74, 6) is -0.0541. The second-order valence-corrected chi connectivity index (χ2v) is 6.92. The number of halogens is 1. The first kappa shape index (κ1) is 19.2. The maximum absolute atomic E-state index is 12.6. The third-order valence-corrected chi connectivity index (χ3v) is 4.72. The molecule has 4 heteroatoms. The Morgan fingerprint density at radius 3 is 1.96 bits per heavy atom. The van der Waals surface area contributed by atoms with E-state index in [2.05, 4.69) is 10.6 Å². The fraction of sp³-hybridized carbons (Fsp3) is 0.174. The van der Waals surface area contributed by atoms with Gasteiger partial charge in [-0.05, 0) is 35.7 Å². The molecule has 0 bridgehead atoms. The Hall–Kier alpha value is -2.62. The third-order valence-electron chi connectivity index (χ3n) is 4.49. The maximum atomic E-state index is 12.6. The largest absolute Gasteiger partial charge is 0.344 e. The smallest absolute Gasteiger partial charge is 0.234 e. The van der Waals surface area contributed by atoms with Gasteiger partial charge < -0.3 is 10.6 Å². The van der Waals surface area contributed by atoms with Crippen molar-refractivity contribution in [1.82, 2.24) is 10.6 Å². The normalized spacial score (nSPS) is 12.0. The van der Waals surface area contributed by atoms with Crippen molar-refractivity contribution < 1.29 is 4.79 Å². The van der Waals surface area contributed by atoms with Gasteiger partial charge in [0.05, 0.1) is 12.6 Å². The van der Waals surface area contributed by atoms with Gasteiger partial charge in [0, 0.05) is 11.1 Å². The zero-order chi connectivity index (χ0) is 19.1. The standard InChI is InChI=1S/C23H23ClN2O/c1-17(20-13-8-14-21(24)15-20)25-16-22(27)26-23(18-9-4-2-5-10-18)19-11-6-3-7-12-19/h2-15,17,23,25H,16H2,1H3,(H,26,27)/t17-/m0/s1. The summed E-state index contributed by atoms with van der Waals surface area (Å²) in [6.45, 7) is 2.24. The second-order valence-electron chi connectivity index (χ2n) is 6.48. The van der Waals surface area contributed by atoms with E-state index >= 15 is 0 Å². The van der Waals surface area contributed by atoms with Crippen LogP contribution in [0.5, 0.6) is 0 Å². The van der Waals surface area contributed by atoms with Gasteiger partial charge in [-0.2, -0.15) is 0 Å². The summed E-state index contributed by atoms with van der Waals surface area (Å²) in [5.41, 5.74) is 3.16. The van der Waals surface area contributed by atoms with Gasteiger partial charge >= 0.3 is 0 Å². The van der Waals surface area contributed by atoms with Gasteiger partial charge in [-0.15, -0.1) is 0 Å².